The average molecular weight is 1010 g/mol. The van der Waals surface area contributed by atoms with Crippen LogP contribution in [0, 0.1) is 16.2 Å². The Bertz CT molecular complexity index is 1410. The second-order valence-electron chi connectivity index (χ2n) is 16.4. The number of aliphatic carboxylic acids is 1. The molecule has 5 rings (SSSR count). The van der Waals surface area contributed by atoms with Crippen LogP contribution in [0.1, 0.15) is 101 Å². The van der Waals surface area contributed by atoms with Gasteiger partial charge in [-0.25, -0.2) is 14.4 Å². The summed E-state index contributed by atoms with van der Waals surface area (Å²) in [7, 11) is 0. The molecule has 5 fully saturated rings. The van der Waals surface area contributed by atoms with Gasteiger partial charge in [-0.15, -0.1) is 0 Å². The molecule has 0 saturated carbocycles. The van der Waals surface area contributed by atoms with Gasteiger partial charge in [0.1, 0.15) is 61.5 Å². The van der Waals surface area contributed by atoms with Crippen LogP contribution < -0.4 is 0 Å². The van der Waals surface area contributed by atoms with Gasteiger partial charge < -0.3 is 57.4 Å². The van der Waals surface area contributed by atoms with Crippen LogP contribution >= 0.6 is 34.8 Å². The summed E-state index contributed by atoms with van der Waals surface area (Å²) in [4.78, 5) is 97.3. The van der Waals surface area contributed by atoms with Crippen LogP contribution in [0.5, 0.6) is 0 Å². The van der Waals surface area contributed by atoms with Gasteiger partial charge >= 0.3 is 46.9 Å². The summed E-state index contributed by atoms with van der Waals surface area (Å²) in [6, 6.07) is 0. The Hall–Kier alpha value is -4.02. The van der Waals surface area contributed by atoms with E-state index in [4.69, 9.17) is 35.7 Å². The van der Waals surface area contributed by atoms with Gasteiger partial charge in [0.2, 0.25) is 5.24 Å². The van der Waals surface area contributed by atoms with E-state index in [2.05, 4.69) is 77.3 Å². The van der Waals surface area contributed by atoms with Crippen molar-refractivity contribution in [1.29, 1.82) is 0 Å². The Morgan fingerprint density at radius 2 is 0.939 bits per heavy atom. The number of hydrogen-bond acceptors (Lipinski definition) is 20. The maximum Gasteiger partial charge on any atom is 0.508 e. The smallest absolute Gasteiger partial charge is 0.481 e. The van der Waals surface area contributed by atoms with Gasteiger partial charge in [0.25, 0.3) is 0 Å². The molecule has 0 aromatic heterocycles. The van der Waals surface area contributed by atoms with E-state index in [1.807, 2.05) is 0 Å². The molecule has 0 spiro atoms. The number of cyclic esters (lactones) is 6. The standard InChI is InChI=1S/C14H22O7.C6H7ClO4.C6H15N.C6H8O5.2C4H8O.C2Cl2O2/c1-13(2,3)21-10(15)6-5-7-18-11(16)14(4)8-19-12(17)20-9-14;1-6(4(7)8)2-10-5(9)11-3-6;1-4-7(5-2)6-3;1-6(4(7)8)2-10-5(9)11-3-6;2*1-2-4-5-3-1;3-1(5)2(4)6/h5-9H2,1-4H3;2-3H2,1H3;4-6H2,1-3H3;2-3H2,1H3,(H,7,8);2*1-4H2;. The largest absolute Gasteiger partial charge is 0.508 e. The monoisotopic (exact) mass is 1010 g/mol. The molecule has 382 valence electrons. The van der Waals surface area contributed by atoms with E-state index < -0.39 is 68.0 Å². The van der Waals surface area contributed by atoms with Crippen molar-refractivity contribution in [1.82, 2.24) is 4.90 Å². The van der Waals surface area contributed by atoms with Gasteiger partial charge in [0.15, 0.2) is 0 Å². The Morgan fingerprint density at radius 1 is 0.606 bits per heavy atom. The maximum atomic E-state index is 11.9. The molecule has 5 aliphatic rings. The van der Waals surface area contributed by atoms with Crippen molar-refractivity contribution in [3.8, 4) is 0 Å². The predicted molar refractivity (Wildman–Crippen MR) is 236 cm³/mol. The Labute approximate surface area is 401 Å². The first-order valence-corrected chi connectivity index (χ1v) is 22.3. The fraction of sp³-hybridized carbons (Fsp3) is 0.786. The molecule has 66 heavy (non-hydrogen) atoms. The molecule has 24 heteroatoms. The minimum Gasteiger partial charge on any atom is -0.481 e. The normalized spacial score (nSPS) is 18.2. The third kappa shape index (κ3) is 31.0. The molecule has 1 N–H and O–H groups in total. The van der Waals surface area contributed by atoms with E-state index in [1.165, 1.54) is 52.2 Å². The summed E-state index contributed by atoms with van der Waals surface area (Å²) in [5.74, 6) is -1.87. The molecule has 5 saturated heterocycles. The number of rotatable bonds is 11. The number of carbonyl (C=O) groups excluding carboxylic acids is 8. The Kier molecular flexibility index (Phi) is 33.3. The second kappa shape index (κ2) is 34.3. The number of carboxylic acids is 1. The first kappa shape index (κ1) is 64.1. The third-order valence-corrected chi connectivity index (χ3v) is 9.76. The number of ether oxygens (including phenoxy) is 10. The highest BCUT2D eigenvalue weighted by Gasteiger charge is 2.42. The highest BCUT2D eigenvalue weighted by atomic mass is 35.5. The fourth-order valence-corrected chi connectivity index (χ4v) is 4.66. The van der Waals surface area contributed by atoms with Crippen molar-refractivity contribution in [3.63, 3.8) is 0 Å². The zero-order valence-electron chi connectivity index (χ0n) is 39.4. The number of esters is 2. The Morgan fingerprint density at radius 3 is 1.18 bits per heavy atom. The number of carbonyl (C=O) groups is 9. The number of halogens is 3. The first-order chi connectivity index (χ1) is 30.7. The maximum absolute atomic E-state index is 11.9. The summed E-state index contributed by atoms with van der Waals surface area (Å²) in [6.45, 7) is 23.8. The van der Waals surface area contributed by atoms with Crippen molar-refractivity contribution in [2.75, 3.05) is 92.3 Å². The summed E-state index contributed by atoms with van der Waals surface area (Å²) >= 11 is 14.2. The zero-order chi connectivity index (χ0) is 51.0. The first-order valence-electron chi connectivity index (χ1n) is 21.2. The molecule has 0 amide bonds. The molecule has 0 aromatic rings. The Balaban J connectivity index is 0. The van der Waals surface area contributed by atoms with Crippen LogP contribution in [-0.4, -0.2) is 160 Å². The molecule has 5 heterocycles. The topological polar surface area (TPSA) is 269 Å². The van der Waals surface area contributed by atoms with Gasteiger partial charge in [-0.05, 0) is 128 Å². The van der Waals surface area contributed by atoms with E-state index in [-0.39, 0.29) is 58.6 Å². The lowest BCUT2D eigenvalue weighted by Crippen LogP contribution is -2.44. The third-order valence-electron chi connectivity index (χ3n) is 8.86. The van der Waals surface area contributed by atoms with Crippen LogP contribution in [0.4, 0.5) is 14.4 Å². The number of hydrogen-bond donors (Lipinski definition) is 1. The molecular weight excluding hydrogens is 945 g/mol. The highest BCUT2D eigenvalue weighted by molar-refractivity contribution is 6.97. The molecule has 0 unspecified atom stereocenters. The summed E-state index contributed by atoms with van der Waals surface area (Å²) in [6.07, 6.45) is 3.32. The molecular formula is C42H68Cl3NO20. The van der Waals surface area contributed by atoms with Crippen molar-refractivity contribution in [2.24, 2.45) is 16.2 Å². The van der Waals surface area contributed by atoms with Crippen molar-refractivity contribution < 1.29 is 95.6 Å². The SMILES string of the molecule is C1CCOC1.C1CCOC1.CC(C)(C)OC(=O)CCCOC(=O)C1(C)COC(=O)OC1.CC1(C(=O)Cl)COC(=O)OC1.CC1(C(=O)O)COC(=O)OC1.CCN(CC)CC.O=C(Cl)C(=O)Cl. The fourth-order valence-electron chi connectivity index (χ4n) is 4.55. The van der Waals surface area contributed by atoms with E-state index in [0.29, 0.717) is 6.42 Å². The van der Waals surface area contributed by atoms with Crippen LogP contribution in [0.15, 0.2) is 0 Å². The second-order valence-corrected chi connectivity index (χ2v) is 17.4. The quantitative estimate of drug-likeness (QED) is 0.0765. The van der Waals surface area contributed by atoms with Gasteiger partial charge in [-0.1, -0.05) is 20.8 Å². The molecule has 0 aliphatic carbocycles. The lowest BCUT2D eigenvalue weighted by atomic mass is 9.93. The van der Waals surface area contributed by atoms with Crippen LogP contribution in [0.2, 0.25) is 0 Å². The highest BCUT2D eigenvalue weighted by Crippen LogP contribution is 2.26. The minimum absolute atomic E-state index is 0.00579. The number of nitrogens with zero attached hydrogens (tertiary/aromatic N) is 1. The lowest BCUT2D eigenvalue weighted by molar-refractivity contribution is -0.167. The molecule has 21 nitrogen and oxygen atoms in total. The van der Waals surface area contributed by atoms with Crippen LogP contribution in [0.3, 0.4) is 0 Å². The number of carboxylic acid groups (broad SMARTS) is 1. The van der Waals surface area contributed by atoms with Crippen molar-refractivity contribution in [3.05, 3.63) is 0 Å². The van der Waals surface area contributed by atoms with Gasteiger partial charge in [-0.2, -0.15) is 0 Å². The minimum atomic E-state index is -1.14. The predicted octanol–water partition coefficient (Wildman–Crippen LogP) is 6.45. The van der Waals surface area contributed by atoms with E-state index in [0.717, 1.165) is 26.4 Å². The van der Waals surface area contributed by atoms with Crippen molar-refractivity contribution >= 4 is 86.9 Å². The molecule has 0 aromatic carbocycles. The molecule has 0 bridgehead atoms. The van der Waals surface area contributed by atoms with E-state index in [1.54, 1.807) is 34.6 Å². The summed E-state index contributed by atoms with van der Waals surface area (Å²) in [5.41, 5.74) is -3.49. The lowest BCUT2D eigenvalue weighted by Gasteiger charge is -2.29. The zero-order valence-corrected chi connectivity index (χ0v) is 41.7. The van der Waals surface area contributed by atoms with Crippen molar-refractivity contribution in [2.45, 2.75) is 106 Å². The van der Waals surface area contributed by atoms with Gasteiger partial charge in [0.05, 0.1) is 6.61 Å². The van der Waals surface area contributed by atoms with Gasteiger partial charge in [0, 0.05) is 32.8 Å². The average Bonchev–Trinajstić information content (AvgIpc) is 4.05. The van der Waals surface area contributed by atoms with Crippen LogP contribution in [0.25, 0.3) is 0 Å². The van der Waals surface area contributed by atoms with E-state index >= 15 is 0 Å². The summed E-state index contributed by atoms with van der Waals surface area (Å²) in [5, 5.41) is 5.78. The summed E-state index contributed by atoms with van der Waals surface area (Å²) < 4.78 is 47.3. The molecule has 0 atom stereocenters. The van der Waals surface area contributed by atoms with E-state index in [9.17, 15) is 43.2 Å². The van der Waals surface area contributed by atoms with Crippen LogP contribution in [-0.2, 0) is 76.1 Å². The van der Waals surface area contributed by atoms with Gasteiger partial charge in [-0.3, -0.25) is 28.8 Å². The molecule has 5 aliphatic heterocycles. The molecule has 0 radical (unpaired) electrons.